The normalized spacial score (nSPS) is 12.8. The lowest BCUT2D eigenvalue weighted by Crippen LogP contribution is -2.19. The first kappa shape index (κ1) is 15.0. The molecule has 0 aliphatic rings. The van der Waals surface area contributed by atoms with Crippen LogP contribution in [0.4, 0.5) is 0 Å². The van der Waals surface area contributed by atoms with Gasteiger partial charge in [0.15, 0.2) is 0 Å². The number of hydrogen-bond donors (Lipinski definition) is 2. The second kappa shape index (κ2) is 6.76. The summed E-state index contributed by atoms with van der Waals surface area (Å²) in [4.78, 5) is 0. The number of ether oxygens (including phenoxy) is 1. The van der Waals surface area contributed by atoms with E-state index >= 15 is 0 Å². The number of nitrogens with one attached hydrogen (secondary N) is 1. The van der Waals surface area contributed by atoms with Crippen LogP contribution in [0.1, 0.15) is 48.9 Å². The van der Waals surface area contributed by atoms with E-state index in [1.807, 2.05) is 7.05 Å². The van der Waals surface area contributed by atoms with Crippen molar-refractivity contribution in [3.8, 4) is 5.75 Å². The zero-order chi connectivity index (χ0) is 13.7. The summed E-state index contributed by atoms with van der Waals surface area (Å²) in [6, 6.07) is 4.39. The molecule has 0 amide bonds. The number of aryl methyl sites for hydroxylation is 1. The van der Waals surface area contributed by atoms with Crippen molar-refractivity contribution >= 4 is 0 Å². The van der Waals surface area contributed by atoms with Crippen LogP contribution in [0.25, 0.3) is 0 Å². The fourth-order valence-electron chi connectivity index (χ4n) is 2.20. The number of methoxy groups -OCH3 is 1. The number of rotatable bonds is 6. The Morgan fingerprint density at radius 1 is 1.28 bits per heavy atom. The fourth-order valence-corrected chi connectivity index (χ4v) is 2.20. The number of benzene rings is 1. The third-order valence-electron chi connectivity index (χ3n) is 3.35. The molecule has 3 heteroatoms. The minimum Gasteiger partial charge on any atom is -0.496 e. The molecule has 1 atom stereocenters. The van der Waals surface area contributed by atoms with Gasteiger partial charge in [-0.15, -0.1) is 0 Å². The van der Waals surface area contributed by atoms with Crippen LogP contribution in [0.2, 0.25) is 0 Å². The maximum absolute atomic E-state index is 6.26. The quantitative estimate of drug-likeness (QED) is 0.816. The molecule has 1 aromatic carbocycles. The third kappa shape index (κ3) is 3.47. The highest BCUT2D eigenvalue weighted by molar-refractivity contribution is 5.45. The zero-order valence-electron chi connectivity index (χ0n) is 12.2. The Morgan fingerprint density at radius 2 is 1.94 bits per heavy atom. The van der Waals surface area contributed by atoms with E-state index in [0.717, 1.165) is 18.7 Å². The predicted molar refractivity (Wildman–Crippen MR) is 77.3 cm³/mol. The van der Waals surface area contributed by atoms with Crippen molar-refractivity contribution in [1.82, 2.24) is 5.32 Å². The van der Waals surface area contributed by atoms with Gasteiger partial charge < -0.3 is 15.8 Å². The number of hydrogen-bond acceptors (Lipinski definition) is 3. The van der Waals surface area contributed by atoms with Crippen LogP contribution in [-0.4, -0.2) is 20.7 Å². The Morgan fingerprint density at radius 3 is 2.44 bits per heavy atom. The smallest absolute Gasteiger partial charge is 0.122 e. The molecule has 1 unspecified atom stereocenters. The lowest BCUT2D eigenvalue weighted by atomic mass is 9.92. The van der Waals surface area contributed by atoms with Crippen molar-refractivity contribution in [2.75, 3.05) is 20.7 Å². The molecule has 3 nitrogen and oxygen atoms in total. The average molecular weight is 250 g/mol. The Hall–Kier alpha value is -1.06. The SMILES string of the molecule is CNCCC(N)c1cc(C(C)C)c(OC)cc1C. The fraction of sp³-hybridized carbons (Fsp3) is 0.600. The van der Waals surface area contributed by atoms with E-state index in [4.69, 9.17) is 10.5 Å². The lowest BCUT2D eigenvalue weighted by molar-refractivity contribution is 0.406. The first-order valence-corrected chi connectivity index (χ1v) is 6.59. The van der Waals surface area contributed by atoms with Crippen molar-refractivity contribution in [2.24, 2.45) is 5.73 Å². The molecule has 1 rings (SSSR count). The van der Waals surface area contributed by atoms with Gasteiger partial charge in [-0.1, -0.05) is 19.9 Å². The van der Waals surface area contributed by atoms with Gasteiger partial charge in [-0.05, 0) is 55.6 Å². The first-order chi connectivity index (χ1) is 8.51. The monoisotopic (exact) mass is 250 g/mol. The summed E-state index contributed by atoms with van der Waals surface area (Å²) in [5, 5.41) is 3.14. The summed E-state index contributed by atoms with van der Waals surface area (Å²) in [6.07, 6.45) is 0.946. The molecule has 0 heterocycles. The van der Waals surface area contributed by atoms with E-state index in [9.17, 15) is 0 Å². The standard InChI is InChI=1S/C15H26N2O/c1-10(2)12-9-13(14(16)6-7-17-4)11(3)8-15(12)18-5/h8-10,14,17H,6-7,16H2,1-5H3. The average Bonchev–Trinajstić information content (AvgIpc) is 2.34. The van der Waals surface area contributed by atoms with Gasteiger partial charge in [0.25, 0.3) is 0 Å². The predicted octanol–water partition coefficient (Wildman–Crippen LogP) is 2.74. The minimum atomic E-state index is 0.0841. The highest BCUT2D eigenvalue weighted by atomic mass is 16.5. The molecular weight excluding hydrogens is 224 g/mol. The molecule has 0 bridgehead atoms. The van der Waals surface area contributed by atoms with Gasteiger partial charge in [-0.2, -0.15) is 0 Å². The molecule has 0 spiro atoms. The van der Waals surface area contributed by atoms with E-state index in [2.05, 4.69) is 38.2 Å². The summed E-state index contributed by atoms with van der Waals surface area (Å²) in [5.41, 5.74) is 9.94. The summed E-state index contributed by atoms with van der Waals surface area (Å²) >= 11 is 0. The third-order valence-corrected chi connectivity index (χ3v) is 3.35. The summed E-state index contributed by atoms with van der Waals surface area (Å²) in [5.74, 6) is 1.41. The van der Waals surface area contributed by atoms with E-state index in [1.165, 1.54) is 16.7 Å². The molecule has 0 fully saturated rings. The largest absolute Gasteiger partial charge is 0.496 e. The Bertz CT molecular complexity index is 388. The second-order valence-corrected chi connectivity index (χ2v) is 5.10. The highest BCUT2D eigenvalue weighted by Gasteiger charge is 2.15. The van der Waals surface area contributed by atoms with Crippen LogP contribution in [0.3, 0.4) is 0 Å². The molecule has 0 aliphatic carbocycles. The van der Waals surface area contributed by atoms with Gasteiger partial charge >= 0.3 is 0 Å². The Labute approximate surface area is 111 Å². The van der Waals surface area contributed by atoms with Gasteiger partial charge in [0.1, 0.15) is 5.75 Å². The molecule has 0 aromatic heterocycles. The Kier molecular flexibility index (Phi) is 5.63. The van der Waals surface area contributed by atoms with Crippen LogP contribution < -0.4 is 15.8 Å². The van der Waals surface area contributed by atoms with Crippen molar-refractivity contribution in [1.29, 1.82) is 0 Å². The molecular formula is C15H26N2O. The van der Waals surface area contributed by atoms with Crippen LogP contribution >= 0.6 is 0 Å². The second-order valence-electron chi connectivity index (χ2n) is 5.10. The van der Waals surface area contributed by atoms with Crippen LogP contribution in [-0.2, 0) is 0 Å². The van der Waals surface area contributed by atoms with Gasteiger partial charge in [-0.25, -0.2) is 0 Å². The molecule has 0 saturated carbocycles. The van der Waals surface area contributed by atoms with E-state index in [1.54, 1.807) is 7.11 Å². The summed E-state index contributed by atoms with van der Waals surface area (Å²) in [7, 11) is 3.68. The molecule has 0 radical (unpaired) electrons. The molecule has 3 N–H and O–H groups in total. The van der Waals surface area contributed by atoms with Crippen molar-refractivity contribution in [3.63, 3.8) is 0 Å². The molecule has 0 aliphatic heterocycles. The van der Waals surface area contributed by atoms with E-state index < -0.39 is 0 Å². The van der Waals surface area contributed by atoms with E-state index in [0.29, 0.717) is 5.92 Å². The van der Waals surface area contributed by atoms with Gasteiger partial charge in [0.2, 0.25) is 0 Å². The lowest BCUT2D eigenvalue weighted by Gasteiger charge is -2.20. The van der Waals surface area contributed by atoms with Crippen LogP contribution in [0, 0.1) is 6.92 Å². The van der Waals surface area contributed by atoms with Gasteiger partial charge in [0, 0.05) is 6.04 Å². The van der Waals surface area contributed by atoms with Gasteiger partial charge in [0.05, 0.1) is 7.11 Å². The molecule has 102 valence electrons. The van der Waals surface area contributed by atoms with Crippen LogP contribution in [0.5, 0.6) is 5.75 Å². The van der Waals surface area contributed by atoms with Crippen LogP contribution in [0.15, 0.2) is 12.1 Å². The van der Waals surface area contributed by atoms with Crippen molar-refractivity contribution in [2.45, 2.75) is 39.2 Å². The van der Waals surface area contributed by atoms with Gasteiger partial charge in [-0.3, -0.25) is 0 Å². The summed E-state index contributed by atoms with van der Waals surface area (Å²) in [6.45, 7) is 7.39. The Balaban J connectivity index is 3.08. The first-order valence-electron chi connectivity index (χ1n) is 6.59. The molecule has 18 heavy (non-hydrogen) atoms. The topological polar surface area (TPSA) is 47.3 Å². The van der Waals surface area contributed by atoms with Crippen molar-refractivity contribution < 1.29 is 4.74 Å². The maximum atomic E-state index is 6.26. The molecule has 0 saturated heterocycles. The number of nitrogens with two attached hydrogens (primary N) is 1. The minimum absolute atomic E-state index is 0.0841. The maximum Gasteiger partial charge on any atom is 0.122 e. The van der Waals surface area contributed by atoms with E-state index in [-0.39, 0.29) is 6.04 Å². The van der Waals surface area contributed by atoms with Crippen molar-refractivity contribution in [3.05, 3.63) is 28.8 Å². The summed E-state index contributed by atoms with van der Waals surface area (Å²) < 4.78 is 5.45. The molecule has 1 aromatic rings. The highest BCUT2D eigenvalue weighted by Crippen LogP contribution is 2.32. The zero-order valence-corrected chi connectivity index (χ0v) is 12.2.